The summed E-state index contributed by atoms with van der Waals surface area (Å²) in [6.07, 6.45) is 6.60. The zero-order valence-electron chi connectivity index (χ0n) is 16.5. The summed E-state index contributed by atoms with van der Waals surface area (Å²) in [5, 5.41) is 3.51. The third kappa shape index (κ3) is 3.92. The highest BCUT2D eigenvalue weighted by Crippen LogP contribution is 2.31. The Hall–Kier alpha value is -2.67. The molecule has 0 saturated carbocycles. The molecule has 5 rings (SSSR count). The number of hydrogen-bond acceptors (Lipinski definition) is 6. The smallest absolute Gasteiger partial charge is 0.227 e. The number of benzene rings is 1. The normalized spacial score (nSPS) is 20.8. The predicted molar refractivity (Wildman–Crippen MR) is 107 cm³/mol. The van der Waals surface area contributed by atoms with Crippen LogP contribution in [0.2, 0.25) is 0 Å². The number of fused-ring (bicyclic) bond motifs is 2. The topological polar surface area (TPSA) is 76.6 Å². The summed E-state index contributed by atoms with van der Waals surface area (Å²) in [6, 6.07) is 6.01. The number of amides is 1. The Labute approximate surface area is 170 Å². The summed E-state index contributed by atoms with van der Waals surface area (Å²) >= 11 is 0. The van der Waals surface area contributed by atoms with Crippen LogP contribution in [0, 0.1) is 0 Å². The molecule has 1 saturated heterocycles. The maximum Gasteiger partial charge on any atom is 0.227 e. The Balaban J connectivity index is 1.25. The first-order chi connectivity index (χ1) is 14.3. The van der Waals surface area contributed by atoms with E-state index in [1.165, 1.54) is 12.8 Å². The number of hydrogen-bond donors (Lipinski definition) is 1. The number of piperidine rings is 1. The Bertz CT molecular complexity index is 911. The van der Waals surface area contributed by atoms with E-state index in [1.54, 1.807) is 0 Å². The van der Waals surface area contributed by atoms with Gasteiger partial charge in [0, 0.05) is 31.3 Å². The highest BCUT2D eigenvalue weighted by molar-refractivity contribution is 5.79. The van der Waals surface area contributed by atoms with Crippen LogP contribution in [-0.4, -0.2) is 47.1 Å². The van der Waals surface area contributed by atoms with Crippen molar-refractivity contribution in [3.63, 3.8) is 0 Å². The van der Waals surface area contributed by atoms with Crippen LogP contribution in [0.5, 0.6) is 11.5 Å². The number of carbonyl (C=O) groups is 1. The summed E-state index contributed by atoms with van der Waals surface area (Å²) < 4.78 is 11.2. The minimum Gasteiger partial charge on any atom is -0.486 e. The van der Waals surface area contributed by atoms with Gasteiger partial charge in [-0.05, 0) is 37.1 Å². The highest BCUT2D eigenvalue weighted by atomic mass is 16.6. The van der Waals surface area contributed by atoms with Crippen molar-refractivity contribution >= 4 is 5.91 Å². The molecule has 7 nitrogen and oxygen atoms in total. The Kier molecular flexibility index (Phi) is 5.06. The molecule has 29 heavy (non-hydrogen) atoms. The molecule has 1 amide bonds. The predicted octanol–water partition coefficient (Wildman–Crippen LogP) is 2.19. The van der Waals surface area contributed by atoms with Gasteiger partial charge in [0.2, 0.25) is 5.91 Å². The number of rotatable bonds is 3. The first-order valence-corrected chi connectivity index (χ1v) is 10.5. The molecule has 1 fully saturated rings. The van der Waals surface area contributed by atoms with Gasteiger partial charge in [-0.15, -0.1) is 0 Å². The lowest BCUT2D eigenvalue weighted by atomic mass is 10.0. The highest BCUT2D eigenvalue weighted by Gasteiger charge is 2.25. The zero-order valence-corrected chi connectivity index (χ0v) is 16.5. The molecule has 2 aromatic rings. The Morgan fingerprint density at radius 1 is 1.21 bits per heavy atom. The molecule has 3 aliphatic rings. The molecular weight excluding hydrogens is 368 g/mol. The van der Waals surface area contributed by atoms with Gasteiger partial charge in [-0.2, -0.15) is 0 Å². The van der Waals surface area contributed by atoms with Gasteiger partial charge in [0.25, 0.3) is 0 Å². The van der Waals surface area contributed by atoms with Crippen molar-refractivity contribution < 1.29 is 14.3 Å². The van der Waals surface area contributed by atoms with Crippen molar-refractivity contribution in [2.75, 3.05) is 26.3 Å². The maximum absolute atomic E-state index is 12.9. The minimum atomic E-state index is 0.116. The van der Waals surface area contributed by atoms with E-state index >= 15 is 0 Å². The molecule has 1 aromatic carbocycles. The van der Waals surface area contributed by atoms with Crippen molar-refractivity contribution in [1.82, 2.24) is 20.2 Å². The van der Waals surface area contributed by atoms with Gasteiger partial charge >= 0.3 is 0 Å². The maximum atomic E-state index is 12.9. The summed E-state index contributed by atoms with van der Waals surface area (Å²) in [5.74, 6) is 2.49. The first-order valence-electron chi connectivity index (χ1n) is 10.5. The molecule has 4 heterocycles. The van der Waals surface area contributed by atoms with Crippen molar-refractivity contribution in [2.24, 2.45) is 0 Å². The molecule has 1 aromatic heterocycles. The second-order valence-corrected chi connectivity index (χ2v) is 7.92. The molecule has 0 bridgehead atoms. The number of aromatic nitrogens is 2. The van der Waals surface area contributed by atoms with Crippen LogP contribution < -0.4 is 14.8 Å². The molecule has 152 valence electrons. The molecule has 3 aliphatic heterocycles. The quantitative estimate of drug-likeness (QED) is 0.860. The van der Waals surface area contributed by atoms with Crippen LogP contribution in [0.1, 0.15) is 47.9 Å². The summed E-state index contributed by atoms with van der Waals surface area (Å²) in [6.45, 7) is 3.43. The van der Waals surface area contributed by atoms with E-state index in [0.717, 1.165) is 53.5 Å². The van der Waals surface area contributed by atoms with Crippen LogP contribution in [0.15, 0.2) is 24.4 Å². The largest absolute Gasteiger partial charge is 0.486 e. The first kappa shape index (κ1) is 18.4. The third-order valence-corrected chi connectivity index (χ3v) is 5.89. The number of nitrogens with zero attached hydrogens (tertiary/aromatic N) is 3. The molecular formula is C22H26N4O3. The molecule has 1 atom stereocenters. The third-order valence-electron chi connectivity index (χ3n) is 5.89. The lowest BCUT2D eigenvalue weighted by Gasteiger charge is -2.29. The van der Waals surface area contributed by atoms with E-state index in [-0.39, 0.29) is 11.9 Å². The van der Waals surface area contributed by atoms with Crippen LogP contribution in [0.4, 0.5) is 0 Å². The molecule has 0 radical (unpaired) electrons. The minimum absolute atomic E-state index is 0.116. The fourth-order valence-electron chi connectivity index (χ4n) is 4.27. The van der Waals surface area contributed by atoms with Crippen molar-refractivity contribution in [2.45, 2.75) is 44.7 Å². The van der Waals surface area contributed by atoms with E-state index in [0.29, 0.717) is 32.7 Å². The molecule has 0 unspecified atom stereocenters. The van der Waals surface area contributed by atoms with E-state index in [1.807, 2.05) is 29.3 Å². The SMILES string of the molecule is O=C(Cc1ccc2c(c1)OCCO2)N1CCc2nc([C@@H]3CCCCN3)ncc2C1. The van der Waals surface area contributed by atoms with Gasteiger partial charge in [-0.25, -0.2) is 9.97 Å². The van der Waals surface area contributed by atoms with Crippen molar-refractivity contribution in [1.29, 1.82) is 0 Å². The van der Waals surface area contributed by atoms with Crippen molar-refractivity contribution in [3.05, 3.63) is 47.0 Å². The summed E-state index contributed by atoms with van der Waals surface area (Å²) in [4.78, 5) is 24.2. The Morgan fingerprint density at radius 2 is 2.10 bits per heavy atom. The molecule has 0 aliphatic carbocycles. The van der Waals surface area contributed by atoms with E-state index < -0.39 is 0 Å². The van der Waals surface area contributed by atoms with Gasteiger partial charge < -0.3 is 19.7 Å². The second kappa shape index (κ2) is 7.99. The van der Waals surface area contributed by atoms with Crippen LogP contribution in [0.3, 0.4) is 0 Å². The van der Waals surface area contributed by atoms with Crippen LogP contribution >= 0.6 is 0 Å². The average Bonchev–Trinajstić information content (AvgIpc) is 2.79. The van der Waals surface area contributed by atoms with Crippen LogP contribution in [0.25, 0.3) is 0 Å². The zero-order chi connectivity index (χ0) is 19.6. The van der Waals surface area contributed by atoms with Gasteiger partial charge in [0.1, 0.15) is 19.0 Å². The van der Waals surface area contributed by atoms with E-state index in [4.69, 9.17) is 14.5 Å². The standard InChI is InChI=1S/C22H26N4O3/c27-21(12-15-4-5-19-20(11-15)29-10-9-28-19)26-8-6-17-16(14-26)13-24-22(25-17)18-3-1-2-7-23-18/h4-5,11,13,18,23H,1-3,6-10,12,14H2/t18-/m0/s1. The van der Waals surface area contributed by atoms with Gasteiger partial charge in [0.05, 0.1) is 18.2 Å². The lowest BCUT2D eigenvalue weighted by Crippen LogP contribution is -2.38. The van der Waals surface area contributed by atoms with Gasteiger partial charge in [-0.1, -0.05) is 12.5 Å². The monoisotopic (exact) mass is 394 g/mol. The molecule has 0 spiro atoms. The second-order valence-electron chi connectivity index (χ2n) is 7.92. The van der Waals surface area contributed by atoms with Crippen LogP contribution in [-0.2, 0) is 24.2 Å². The van der Waals surface area contributed by atoms with E-state index in [9.17, 15) is 4.79 Å². The average molecular weight is 394 g/mol. The summed E-state index contributed by atoms with van der Waals surface area (Å²) in [7, 11) is 0. The fourth-order valence-corrected chi connectivity index (χ4v) is 4.27. The number of carbonyl (C=O) groups excluding carboxylic acids is 1. The Morgan fingerprint density at radius 3 is 2.97 bits per heavy atom. The molecule has 1 N–H and O–H groups in total. The lowest BCUT2D eigenvalue weighted by molar-refractivity contribution is -0.131. The van der Waals surface area contributed by atoms with E-state index in [2.05, 4.69) is 10.3 Å². The van der Waals surface area contributed by atoms with Crippen molar-refractivity contribution in [3.8, 4) is 11.5 Å². The molecule has 7 heteroatoms. The fraction of sp³-hybridized carbons (Fsp3) is 0.500. The number of ether oxygens (including phenoxy) is 2. The number of nitrogens with one attached hydrogen (secondary N) is 1. The van der Waals surface area contributed by atoms with Gasteiger partial charge in [-0.3, -0.25) is 4.79 Å². The van der Waals surface area contributed by atoms with Gasteiger partial charge in [0.15, 0.2) is 11.5 Å². The summed E-state index contributed by atoms with van der Waals surface area (Å²) in [5.41, 5.74) is 3.09.